The summed E-state index contributed by atoms with van der Waals surface area (Å²) < 4.78 is 5.62. The fourth-order valence-corrected chi connectivity index (χ4v) is 2.92. The molecule has 25 heavy (non-hydrogen) atoms. The topological polar surface area (TPSA) is 61.9 Å². The zero-order chi connectivity index (χ0) is 18.4. The van der Waals surface area contributed by atoms with Gasteiger partial charge in [-0.25, -0.2) is 4.79 Å². The SMILES string of the molecule is CC(C)NC(=O)N(C)c1ccc(OCC(=O)N2CCCC[C@@H]2C)cc1. The first-order valence-electron chi connectivity index (χ1n) is 8.95. The van der Waals surface area contributed by atoms with Crippen LogP contribution in [0.5, 0.6) is 5.75 Å². The highest BCUT2D eigenvalue weighted by Gasteiger charge is 2.23. The van der Waals surface area contributed by atoms with Gasteiger partial charge in [-0.3, -0.25) is 9.69 Å². The predicted octanol–water partition coefficient (Wildman–Crippen LogP) is 3.02. The molecule has 1 atom stereocenters. The van der Waals surface area contributed by atoms with Gasteiger partial charge in [-0.05, 0) is 64.3 Å². The normalized spacial score (nSPS) is 17.3. The summed E-state index contributed by atoms with van der Waals surface area (Å²) in [5.41, 5.74) is 0.765. The lowest BCUT2D eigenvalue weighted by atomic mass is 10.0. The molecule has 1 aliphatic rings. The number of carbonyl (C=O) groups excluding carboxylic acids is 2. The number of carbonyl (C=O) groups is 2. The van der Waals surface area contributed by atoms with Gasteiger partial charge < -0.3 is 15.0 Å². The van der Waals surface area contributed by atoms with Crippen molar-refractivity contribution in [2.45, 2.75) is 52.1 Å². The number of urea groups is 1. The van der Waals surface area contributed by atoms with Crippen LogP contribution in [-0.2, 0) is 4.79 Å². The van der Waals surface area contributed by atoms with Crippen molar-refractivity contribution in [2.75, 3.05) is 25.1 Å². The lowest BCUT2D eigenvalue weighted by Crippen LogP contribution is -2.44. The number of benzene rings is 1. The number of rotatable bonds is 5. The maximum Gasteiger partial charge on any atom is 0.321 e. The van der Waals surface area contributed by atoms with Crippen LogP contribution in [0.15, 0.2) is 24.3 Å². The molecule has 6 heteroatoms. The van der Waals surface area contributed by atoms with E-state index < -0.39 is 0 Å². The summed E-state index contributed by atoms with van der Waals surface area (Å²) in [5.74, 6) is 0.657. The maximum absolute atomic E-state index is 12.3. The van der Waals surface area contributed by atoms with Crippen LogP contribution in [0.2, 0.25) is 0 Å². The third-order valence-corrected chi connectivity index (χ3v) is 4.43. The van der Waals surface area contributed by atoms with Gasteiger partial charge in [0.05, 0.1) is 0 Å². The highest BCUT2D eigenvalue weighted by Crippen LogP contribution is 2.20. The minimum atomic E-state index is -0.155. The number of piperidine rings is 1. The van der Waals surface area contributed by atoms with Crippen LogP contribution in [0, 0.1) is 0 Å². The van der Waals surface area contributed by atoms with E-state index >= 15 is 0 Å². The summed E-state index contributed by atoms with van der Waals surface area (Å²) in [6, 6.07) is 7.40. The van der Waals surface area contributed by atoms with Gasteiger partial charge in [-0.15, -0.1) is 0 Å². The summed E-state index contributed by atoms with van der Waals surface area (Å²) in [6.07, 6.45) is 3.31. The number of anilines is 1. The molecule has 0 aromatic heterocycles. The van der Waals surface area contributed by atoms with Gasteiger partial charge in [0.2, 0.25) is 0 Å². The highest BCUT2D eigenvalue weighted by atomic mass is 16.5. The van der Waals surface area contributed by atoms with Crippen molar-refractivity contribution in [3.05, 3.63) is 24.3 Å². The molecule has 1 aromatic carbocycles. The smallest absolute Gasteiger partial charge is 0.321 e. The Hall–Kier alpha value is -2.24. The number of amides is 3. The Kier molecular flexibility index (Phi) is 6.67. The molecule has 2 rings (SSSR count). The maximum atomic E-state index is 12.3. The third-order valence-electron chi connectivity index (χ3n) is 4.43. The van der Waals surface area contributed by atoms with Crippen LogP contribution in [0.25, 0.3) is 0 Å². The summed E-state index contributed by atoms with van der Waals surface area (Å²) in [7, 11) is 1.72. The van der Waals surface area contributed by atoms with Crippen LogP contribution in [-0.4, -0.2) is 49.1 Å². The van der Waals surface area contributed by atoms with Crippen molar-refractivity contribution < 1.29 is 14.3 Å². The van der Waals surface area contributed by atoms with Crippen molar-refractivity contribution in [3.8, 4) is 5.75 Å². The number of likely N-dealkylation sites (tertiary alicyclic amines) is 1. The Labute approximate surface area is 150 Å². The van der Waals surface area contributed by atoms with Gasteiger partial charge in [0.15, 0.2) is 6.61 Å². The summed E-state index contributed by atoms with van der Waals surface area (Å²) in [4.78, 5) is 27.7. The van der Waals surface area contributed by atoms with Gasteiger partial charge in [0.1, 0.15) is 5.75 Å². The average molecular weight is 347 g/mol. The summed E-state index contributed by atoms with van der Waals surface area (Å²) >= 11 is 0. The van der Waals surface area contributed by atoms with Crippen LogP contribution in [0.3, 0.4) is 0 Å². The van der Waals surface area contributed by atoms with Crippen LogP contribution < -0.4 is 15.0 Å². The van der Waals surface area contributed by atoms with Crippen LogP contribution >= 0.6 is 0 Å². The Morgan fingerprint density at radius 1 is 1.28 bits per heavy atom. The minimum absolute atomic E-state index is 0.0321. The van der Waals surface area contributed by atoms with Crippen molar-refractivity contribution in [1.29, 1.82) is 0 Å². The van der Waals surface area contributed by atoms with Crippen molar-refractivity contribution in [2.24, 2.45) is 0 Å². The molecular weight excluding hydrogens is 318 g/mol. The number of hydrogen-bond acceptors (Lipinski definition) is 3. The van der Waals surface area contributed by atoms with Gasteiger partial charge >= 0.3 is 6.03 Å². The number of nitrogens with one attached hydrogen (secondary N) is 1. The Morgan fingerprint density at radius 3 is 2.56 bits per heavy atom. The lowest BCUT2D eigenvalue weighted by molar-refractivity contribution is -0.136. The van der Waals surface area contributed by atoms with E-state index in [0.717, 1.165) is 25.1 Å². The van der Waals surface area contributed by atoms with Gasteiger partial charge in [-0.1, -0.05) is 0 Å². The van der Waals surface area contributed by atoms with E-state index in [-0.39, 0.29) is 24.6 Å². The van der Waals surface area contributed by atoms with Crippen molar-refractivity contribution >= 4 is 17.6 Å². The molecule has 0 saturated carbocycles. The van der Waals surface area contributed by atoms with Crippen LogP contribution in [0.1, 0.15) is 40.0 Å². The number of nitrogens with zero attached hydrogens (tertiary/aromatic N) is 2. The van der Waals surface area contributed by atoms with E-state index in [1.807, 2.05) is 30.9 Å². The Balaban J connectivity index is 1.87. The first-order valence-corrected chi connectivity index (χ1v) is 8.95. The number of hydrogen-bond donors (Lipinski definition) is 1. The predicted molar refractivity (Wildman–Crippen MR) is 99.0 cm³/mol. The summed E-state index contributed by atoms with van der Waals surface area (Å²) in [5, 5.41) is 2.84. The summed E-state index contributed by atoms with van der Waals surface area (Å²) in [6.45, 7) is 6.79. The standard InChI is InChI=1S/C19H29N3O3/c1-14(2)20-19(24)21(4)16-8-10-17(11-9-16)25-13-18(23)22-12-6-5-7-15(22)3/h8-11,14-15H,5-7,12-13H2,1-4H3,(H,20,24)/t15-/m0/s1. The van der Waals surface area contributed by atoms with Gasteiger partial charge in [-0.2, -0.15) is 0 Å². The first-order chi connectivity index (χ1) is 11.9. The Morgan fingerprint density at radius 2 is 1.96 bits per heavy atom. The molecule has 0 radical (unpaired) electrons. The quantitative estimate of drug-likeness (QED) is 0.890. The lowest BCUT2D eigenvalue weighted by Gasteiger charge is -2.33. The van der Waals surface area contributed by atoms with E-state index in [2.05, 4.69) is 12.2 Å². The number of ether oxygens (including phenoxy) is 1. The van der Waals surface area contributed by atoms with E-state index in [0.29, 0.717) is 11.8 Å². The van der Waals surface area contributed by atoms with Crippen molar-refractivity contribution in [3.63, 3.8) is 0 Å². The van der Waals surface area contributed by atoms with Crippen LogP contribution in [0.4, 0.5) is 10.5 Å². The molecule has 6 nitrogen and oxygen atoms in total. The molecule has 1 aromatic rings. The molecule has 138 valence electrons. The average Bonchev–Trinajstić information content (AvgIpc) is 2.59. The third kappa shape index (κ3) is 5.37. The minimum Gasteiger partial charge on any atom is -0.484 e. The van der Waals surface area contributed by atoms with Gasteiger partial charge in [0.25, 0.3) is 5.91 Å². The molecule has 0 unspecified atom stereocenters. The second-order valence-corrected chi connectivity index (χ2v) is 6.88. The largest absolute Gasteiger partial charge is 0.484 e. The van der Waals surface area contributed by atoms with E-state index in [1.54, 1.807) is 24.1 Å². The molecule has 1 saturated heterocycles. The van der Waals surface area contributed by atoms with Crippen molar-refractivity contribution in [1.82, 2.24) is 10.2 Å². The first kappa shape index (κ1) is 19.1. The molecule has 0 bridgehead atoms. The van der Waals surface area contributed by atoms with E-state index in [1.165, 1.54) is 6.42 Å². The monoisotopic (exact) mass is 347 g/mol. The molecule has 1 heterocycles. The molecule has 0 spiro atoms. The molecule has 1 aliphatic heterocycles. The highest BCUT2D eigenvalue weighted by molar-refractivity contribution is 5.91. The van der Waals surface area contributed by atoms with E-state index in [9.17, 15) is 9.59 Å². The van der Waals surface area contributed by atoms with Gasteiger partial charge in [0, 0.05) is 31.4 Å². The zero-order valence-corrected chi connectivity index (χ0v) is 15.6. The molecule has 1 N–H and O–H groups in total. The Bertz CT molecular complexity index is 586. The van der Waals surface area contributed by atoms with E-state index in [4.69, 9.17) is 4.74 Å². The second kappa shape index (κ2) is 8.74. The molecule has 3 amide bonds. The second-order valence-electron chi connectivity index (χ2n) is 6.88. The zero-order valence-electron chi connectivity index (χ0n) is 15.6. The molecule has 0 aliphatic carbocycles. The fraction of sp³-hybridized carbons (Fsp3) is 0.579. The molecule has 1 fully saturated rings. The molecular formula is C19H29N3O3. The fourth-order valence-electron chi connectivity index (χ4n) is 2.92.